The Kier molecular flexibility index (Phi) is 4.83. The lowest BCUT2D eigenvalue weighted by molar-refractivity contribution is -0.690. The fourth-order valence-electron chi connectivity index (χ4n) is 2.77. The van der Waals surface area contributed by atoms with Gasteiger partial charge in [-0.05, 0) is 42.5 Å². The minimum Gasteiger partial charge on any atom is -0.497 e. The van der Waals surface area contributed by atoms with Gasteiger partial charge in [0.1, 0.15) is 12.3 Å². The highest BCUT2D eigenvalue weighted by atomic mass is 35.5. The van der Waals surface area contributed by atoms with E-state index >= 15 is 0 Å². The molecule has 1 aliphatic heterocycles. The van der Waals surface area contributed by atoms with Crippen LogP contribution in [0, 0.1) is 0 Å². The summed E-state index contributed by atoms with van der Waals surface area (Å²) in [5.74, 6) is 0.395. The third-order valence-corrected chi connectivity index (χ3v) is 4.28. The third kappa shape index (κ3) is 3.42. The summed E-state index contributed by atoms with van der Waals surface area (Å²) in [5, 5.41) is 2.39. The monoisotopic (exact) mass is 345 g/mol. The molecule has 0 radical (unpaired) electrons. The van der Waals surface area contributed by atoms with E-state index in [0.29, 0.717) is 17.3 Å². The largest absolute Gasteiger partial charge is 0.497 e. The van der Waals surface area contributed by atoms with Crippen LogP contribution >= 0.6 is 11.6 Å². The second-order valence-corrected chi connectivity index (χ2v) is 6.08. The fourth-order valence-corrected chi connectivity index (χ4v) is 2.95. The maximum absolute atomic E-state index is 12.6. The van der Waals surface area contributed by atoms with E-state index in [9.17, 15) is 9.59 Å². The van der Waals surface area contributed by atoms with Gasteiger partial charge in [0.05, 0.1) is 19.2 Å². The molecule has 0 unspecified atom stereocenters. The molecule has 1 saturated heterocycles. The summed E-state index contributed by atoms with van der Waals surface area (Å²) < 4.78 is 5.12. The minimum atomic E-state index is -0.404. The summed E-state index contributed by atoms with van der Waals surface area (Å²) in [7, 11) is 1.62. The molecular formula is C18H18ClN2O3+. The van der Waals surface area contributed by atoms with Crippen molar-refractivity contribution >= 4 is 29.1 Å². The third-order valence-electron chi connectivity index (χ3n) is 4.05. The molecule has 2 aromatic carbocycles. The van der Waals surface area contributed by atoms with Gasteiger partial charge in [0, 0.05) is 10.6 Å². The first-order valence-electron chi connectivity index (χ1n) is 7.67. The van der Waals surface area contributed by atoms with Gasteiger partial charge < -0.3 is 10.1 Å². The van der Waals surface area contributed by atoms with Crippen molar-refractivity contribution in [3.8, 4) is 5.75 Å². The predicted molar refractivity (Wildman–Crippen MR) is 91.0 cm³/mol. The molecule has 2 aromatic rings. The van der Waals surface area contributed by atoms with Crippen molar-refractivity contribution in [2.75, 3.05) is 12.0 Å². The van der Waals surface area contributed by atoms with Crippen molar-refractivity contribution in [3.05, 3.63) is 59.1 Å². The van der Waals surface area contributed by atoms with E-state index in [0.717, 1.165) is 11.3 Å². The lowest BCUT2D eigenvalue weighted by Gasteiger charge is -2.14. The van der Waals surface area contributed by atoms with E-state index in [1.54, 1.807) is 31.4 Å². The van der Waals surface area contributed by atoms with Crippen LogP contribution in [0.2, 0.25) is 5.02 Å². The average molecular weight is 346 g/mol. The lowest BCUT2D eigenvalue weighted by Crippen LogP contribution is -2.90. The number of halogens is 1. The summed E-state index contributed by atoms with van der Waals surface area (Å²) in [6, 6.07) is 14.0. The number of hydrogen-bond donors (Lipinski definition) is 1. The summed E-state index contributed by atoms with van der Waals surface area (Å²) >= 11 is 5.95. The van der Waals surface area contributed by atoms with Crippen LogP contribution in [0.3, 0.4) is 0 Å². The van der Waals surface area contributed by atoms with Crippen molar-refractivity contribution < 1.29 is 19.6 Å². The first-order valence-corrected chi connectivity index (χ1v) is 8.05. The van der Waals surface area contributed by atoms with Crippen molar-refractivity contribution in [1.82, 2.24) is 0 Å². The molecule has 1 aliphatic rings. The fraction of sp³-hybridized carbons (Fsp3) is 0.222. The highest BCUT2D eigenvalue weighted by Crippen LogP contribution is 2.24. The number of carbonyl (C=O) groups is 2. The molecule has 0 aromatic heterocycles. The second-order valence-electron chi connectivity index (χ2n) is 5.65. The number of rotatable bonds is 5. The smallest absolute Gasteiger partial charge is 0.292 e. The van der Waals surface area contributed by atoms with Gasteiger partial charge in [0.15, 0.2) is 6.04 Å². The van der Waals surface area contributed by atoms with E-state index in [-0.39, 0.29) is 18.2 Å². The first kappa shape index (κ1) is 16.5. The first-order chi connectivity index (χ1) is 11.6. The van der Waals surface area contributed by atoms with Crippen LogP contribution in [0.1, 0.15) is 12.0 Å². The van der Waals surface area contributed by atoms with Crippen LogP contribution < -0.4 is 15.0 Å². The van der Waals surface area contributed by atoms with Crippen molar-refractivity contribution in [2.24, 2.45) is 0 Å². The van der Waals surface area contributed by atoms with Crippen LogP contribution in [0.4, 0.5) is 5.69 Å². The Balaban J connectivity index is 1.67. The molecule has 3 rings (SSSR count). The van der Waals surface area contributed by atoms with Crippen LogP contribution in [0.15, 0.2) is 48.5 Å². The van der Waals surface area contributed by atoms with Crippen LogP contribution in [-0.2, 0) is 16.1 Å². The quantitative estimate of drug-likeness (QED) is 0.840. The molecule has 1 fully saturated rings. The molecule has 124 valence electrons. The van der Waals surface area contributed by atoms with Crippen molar-refractivity contribution in [2.45, 2.75) is 19.0 Å². The maximum Gasteiger partial charge on any atom is 0.292 e. The summed E-state index contributed by atoms with van der Waals surface area (Å²) in [4.78, 5) is 26.0. The number of methoxy groups -OCH3 is 1. The Morgan fingerprint density at radius 1 is 1.21 bits per heavy atom. The highest BCUT2D eigenvalue weighted by molar-refractivity contribution is 6.31. The van der Waals surface area contributed by atoms with E-state index in [2.05, 4.69) is 0 Å². The Bertz CT molecular complexity index is 761. The number of amides is 2. The SMILES string of the molecule is COc1ccc(C[NH2+][C@@H]2CC(=O)N(c3cccc(Cl)c3)C2=O)cc1. The topological polar surface area (TPSA) is 63.2 Å². The number of anilines is 1. The van der Waals surface area contributed by atoms with Crippen LogP contribution in [0.5, 0.6) is 5.75 Å². The molecule has 0 spiro atoms. The highest BCUT2D eigenvalue weighted by Gasteiger charge is 2.42. The zero-order valence-corrected chi connectivity index (χ0v) is 14.0. The molecule has 5 nitrogen and oxygen atoms in total. The molecule has 24 heavy (non-hydrogen) atoms. The van der Waals surface area contributed by atoms with Crippen molar-refractivity contribution in [1.29, 1.82) is 0 Å². The minimum absolute atomic E-state index is 0.196. The molecule has 0 aliphatic carbocycles. The molecule has 1 heterocycles. The van der Waals surface area contributed by atoms with Crippen molar-refractivity contribution in [3.63, 3.8) is 0 Å². The van der Waals surface area contributed by atoms with Crippen LogP contribution in [-0.4, -0.2) is 25.0 Å². The predicted octanol–water partition coefficient (Wildman–Crippen LogP) is 1.74. The molecular weight excluding hydrogens is 328 g/mol. The van der Waals surface area contributed by atoms with Gasteiger partial charge in [0.2, 0.25) is 5.91 Å². The zero-order chi connectivity index (χ0) is 17.1. The number of ether oxygens (including phenoxy) is 1. The van der Waals surface area contributed by atoms with Crippen LogP contribution in [0.25, 0.3) is 0 Å². The lowest BCUT2D eigenvalue weighted by atomic mass is 10.2. The molecule has 2 amide bonds. The number of carbonyl (C=O) groups excluding carboxylic acids is 2. The van der Waals surface area contributed by atoms with Gasteiger partial charge in [-0.1, -0.05) is 17.7 Å². The van der Waals surface area contributed by atoms with Gasteiger partial charge >= 0.3 is 0 Å². The number of nitrogens with zero attached hydrogens (tertiary/aromatic N) is 1. The Labute approximate surface area is 145 Å². The average Bonchev–Trinajstić information content (AvgIpc) is 2.87. The van der Waals surface area contributed by atoms with E-state index in [1.807, 2.05) is 29.6 Å². The number of quaternary nitrogens is 1. The molecule has 0 bridgehead atoms. The summed E-state index contributed by atoms with van der Waals surface area (Å²) in [6.45, 7) is 0.622. The number of hydrogen-bond acceptors (Lipinski definition) is 3. The maximum atomic E-state index is 12.6. The van der Waals surface area contributed by atoms with Gasteiger partial charge in [-0.25, -0.2) is 4.90 Å². The zero-order valence-electron chi connectivity index (χ0n) is 13.2. The van der Waals surface area contributed by atoms with Gasteiger partial charge in [-0.2, -0.15) is 0 Å². The molecule has 2 N–H and O–H groups in total. The van der Waals surface area contributed by atoms with Gasteiger partial charge in [-0.3, -0.25) is 9.59 Å². The Hall–Kier alpha value is -2.37. The Morgan fingerprint density at radius 3 is 2.62 bits per heavy atom. The van der Waals surface area contributed by atoms with E-state index in [4.69, 9.17) is 16.3 Å². The van der Waals surface area contributed by atoms with Gasteiger partial charge in [0.25, 0.3) is 5.91 Å². The number of imide groups is 1. The summed E-state index contributed by atoms with van der Waals surface area (Å²) in [5.41, 5.74) is 1.59. The van der Waals surface area contributed by atoms with E-state index < -0.39 is 6.04 Å². The second kappa shape index (κ2) is 7.03. The number of nitrogens with two attached hydrogens (primary N) is 1. The van der Waals surface area contributed by atoms with E-state index in [1.165, 1.54) is 4.90 Å². The summed E-state index contributed by atoms with van der Waals surface area (Å²) in [6.07, 6.45) is 0.196. The Morgan fingerprint density at radius 2 is 1.96 bits per heavy atom. The molecule has 6 heteroatoms. The standard InChI is InChI=1S/C18H17ClN2O3/c1-24-15-7-5-12(6-8-15)11-20-16-10-17(22)21(18(16)23)14-4-2-3-13(19)9-14/h2-9,16,20H,10-11H2,1H3/p+1/t16-/m1/s1. The van der Waals surface area contributed by atoms with Gasteiger partial charge in [-0.15, -0.1) is 0 Å². The number of benzene rings is 2. The molecule has 0 saturated carbocycles. The molecule has 1 atom stereocenters. The normalized spacial score (nSPS) is 17.4.